The van der Waals surface area contributed by atoms with Crippen LogP contribution >= 0.6 is 0 Å². The maximum Gasteiger partial charge on any atom is 0.318 e. The molecule has 2 aliphatic rings. The third-order valence-electron chi connectivity index (χ3n) is 4.38. The van der Waals surface area contributed by atoms with Gasteiger partial charge in [0.05, 0.1) is 24.7 Å². The van der Waals surface area contributed by atoms with Crippen LogP contribution in [0, 0.1) is 11.8 Å². The molecule has 114 valence electrons. The van der Waals surface area contributed by atoms with Crippen molar-refractivity contribution >= 4 is 12.0 Å². The van der Waals surface area contributed by atoms with Gasteiger partial charge in [-0.1, -0.05) is 6.42 Å². The first-order chi connectivity index (χ1) is 9.42. The number of ether oxygens (including phenoxy) is 1. The number of rotatable bonds is 3. The molecular weight excluding hydrogens is 260 g/mol. The highest BCUT2D eigenvalue weighted by molar-refractivity contribution is 5.75. The summed E-state index contributed by atoms with van der Waals surface area (Å²) in [5.41, 5.74) is -0.315. The van der Waals surface area contributed by atoms with E-state index in [4.69, 9.17) is 9.84 Å². The van der Waals surface area contributed by atoms with Crippen LogP contribution in [-0.2, 0) is 9.53 Å². The summed E-state index contributed by atoms with van der Waals surface area (Å²) >= 11 is 0. The predicted octanol–water partition coefficient (Wildman–Crippen LogP) is 1.31. The van der Waals surface area contributed by atoms with Gasteiger partial charge in [0.15, 0.2) is 0 Å². The molecule has 1 aliphatic carbocycles. The van der Waals surface area contributed by atoms with Gasteiger partial charge in [-0.25, -0.2) is 4.79 Å². The second kappa shape index (κ2) is 5.99. The quantitative estimate of drug-likeness (QED) is 0.819. The van der Waals surface area contributed by atoms with Gasteiger partial charge >= 0.3 is 12.0 Å². The van der Waals surface area contributed by atoms with Crippen molar-refractivity contribution in [1.82, 2.24) is 10.2 Å². The van der Waals surface area contributed by atoms with Gasteiger partial charge < -0.3 is 20.1 Å². The van der Waals surface area contributed by atoms with Gasteiger partial charge in [-0.05, 0) is 32.6 Å². The number of amides is 2. The molecule has 2 fully saturated rings. The molecule has 0 bridgehead atoms. The summed E-state index contributed by atoms with van der Waals surface area (Å²) in [5, 5.41) is 12.0. The van der Waals surface area contributed by atoms with E-state index in [9.17, 15) is 9.59 Å². The zero-order chi connectivity index (χ0) is 14.8. The van der Waals surface area contributed by atoms with Crippen molar-refractivity contribution in [2.45, 2.75) is 38.6 Å². The number of carboxylic acid groups (broad SMARTS) is 1. The highest BCUT2D eigenvalue weighted by atomic mass is 16.5. The standard InChI is InChI=1S/C14H24N2O4/c1-14(2)9-20-7-6-16(14)13(19)15-8-10-4-3-5-11(10)12(17)18/h10-11H,3-9H2,1-2H3,(H,15,19)(H,17,18). The van der Waals surface area contributed by atoms with Crippen molar-refractivity contribution in [1.29, 1.82) is 0 Å². The molecule has 0 aromatic heterocycles. The molecule has 0 radical (unpaired) electrons. The second-order valence-electron chi connectivity index (χ2n) is 6.34. The van der Waals surface area contributed by atoms with Crippen molar-refractivity contribution in [2.24, 2.45) is 11.8 Å². The largest absolute Gasteiger partial charge is 0.481 e. The summed E-state index contributed by atoms with van der Waals surface area (Å²) in [5.74, 6) is -0.998. The highest BCUT2D eigenvalue weighted by Gasteiger charge is 2.36. The van der Waals surface area contributed by atoms with Crippen LogP contribution in [0.3, 0.4) is 0 Å². The number of carbonyl (C=O) groups is 2. The summed E-state index contributed by atoms with van der Waals surface area (Å²) < 4.78 is 5.39. The number of hydrogen-bond acceptors (Lipinski definition) is 3. The number of aliphatic carboxylic acids is 1. The fraction of sp³-hybridized carbons (Fsp3) is 0.857. The molecule has 1 saturated carbocycles. The lowest BCUT2D eigenvalue weighted by molar-refractivity contribution is -0.142. The van der Waals surface area contributed by atoms with Gasteiger partial charge in [0.25, 0.3) is 0 Å². The molecule has 0 aromatic carbocycles. The third-order valence-corrected chi connectivity index (χ3v) is 4.38. The van der Waals surface area contributed by atoms with Crippen LogP contribution in [0.2, 0.25) is 0 Å². The van der Waals surface area contributed by atoms with Crippen LogP contribution in [0.25, 0.3) is 0 Å². The first kappa shape index (κ1) is 15.1. The lowest BCUT2D eigenvalue weighted by Gasteiger charge is -2.42. The maximum atomic E-state index is 12.3. The summed E-state index contributed by atoms with van der Waals surface area (Å²) in [6.45, 7) is 6.05. The summed E-state index contributed by atoms with van der Waals surface area (Å²) in [7, 11) is 0. The lowest BCUT2D eigenvalue weighted by atomic mass is 9.96. The predicted molar refractivity (Wildman–Crippen MR) is 73.5 cm³/mol. The molecule has 20 heavy (non-hydrogen) atoms. The molecule has 1 aliphatic heterocycles. The van der Waals surface area contributed by atoms with Crippen molar-refractivity contribution < 1.29 is 19.4 Å². The van der Waals surface area contributed by atoms with Crippen molar-refractivity contribution in [3.8, 4) is 0 Å². The van der Waals surface area contributed by atoms with Crippen LogP contribution in [0.5, 0.6) is 0 Å². The van der Waals surface area contributed by atoms with Gasteiger partial charge in [-0.2, -0.15) is 0 Å². The molecule has 0 spiro atoms. The number of nitrogens with zero attached hydrogens (tertiary/aromatic N) is 1. The van der Waals surface area contributed by atoms with E-state index in [2.05, 4.69) is 5.32 Å². The Hall–Kier alpha value is -1.30. The van der Waals surface area contributed by atoms with Gasteiger partial charge in [0.1, 0.15) is 0 Å². The lowest BCUT2D eigenvalue weighted by Crippen LogP contribution is -2.58. The number of urea groups is 1. The molecule has 6 heteroatoms. The van der Waals surface area contributed by atoms with E-state index in [1.165, 1.54) is 0 Å². The summed E-state index contributed by atoms with van der Waals surface area (Å²) in [6, 6.07) is -0.116. The van der Waals surface area contributed by atoms with Crippen LogP contribution in [0.1, 0.15) is 33.1 Å². The van der Waals surface area contributed by atoms with Crippen LogP contribution in [-0.4, -0.2) is 53.8 Å². The molecule has 1 saturated heterocycles. The smallest absolute Gasteiger partial charge is 0.318 e. The van der Waals surface area contributed by atoms with E-state index in [0.717, 1.165) is 19.3 Å². The summed E-state index contributed by atoms with van der Waals surface area (Å²) in [6.07, 6.45) is 2.53. The normalized spacial score (nSPS) is 29.2. The monoisotopic (exact) mass is 284 g/mol. The Morgan fingerprint density at radius 3 is 2.80 bits per heavy atom. The average Bonchev–Trinajstić information content (AvgIpc) is 2.83. The van der Waals surface area contributed by atoms with E-state index in [1.54, 1.807) is 4.90 Å². The van der Waals surface area contributed by atoms with E-state index < -0.39 is 5.97 Å². The number of nitrogens with one attached hydrogen (secondary N) is 1. The molecule has 6 nitrogen and oxygen atoms in total. The molecule has 0 aromatic rings. The molecule has 2 amide bonds. The SMILES string of the molecule is CC1(C)COCCN1C(=O)NCC1CCCC1C(=O)O. The minimum atomic E-state index is -0.742. The Morgan fingerprint density at radius 2 is 2.15 bits per heavy atom. The molecular formula is C14H24N2O4. The van der Waals surface area contributed by atoms with E-state index in [-0.39, 0.29) is 23.4 Å². The second-order valence-corrected chi connectivity index (χ2v) is 6.34. The minimum absolute atomic E-state index is 0.0561. The first-order valence-corrected chi connectivity index (χ1v) is 7.28. The molecule has 2 unspecified atom stereocenters. The number of carbonyl (C=O) groups excluding carboxylic acids is 1. The number of carboxylic acids is 1. The van der Waals surface area contributed by atoms with Crippen molar-refractivity contribution in [3.63, 3.8) is 0 Å². The molecule has 1 heterocycles. The van der Waals surface area contributed by atoms with Gasteiger partial charge in [-0.15, -0.1) is 0 Å². The van der Waals surface area contributed by atoms with Crippen LogP contribution < -0.4 is 5.32 Å². The van der Waals surface area contributed by atoms with Crippen LogP contribution in [0.15, 0.2) is 0 Å². The van der Waals surface area contributed by atoms with Gasteiger partial charge in [0.2, 0.25) is 0 Å². The number of hydrogen-bond donors (Lipinski definition) is 2. The Kier molecular flexibility index (Phi) is 4.52. The Bertz CT molecular complexity index is 383. The first-order valence-electron chi connectivity index (χ1n) is 7.28. The van der Waals surface area contributed by atoms with E-state index in [0.29, 0.717) is 26.3 Å². The minimum Gasteiger partial charge on any atom is -0.481 e. The fourth-order valence-corrected chi connectivity index (χ4v) is 3.15. The summed E-state index contributed by atoms with van der Waals surface area (Å²) in [4.78, 5) is 25.2. The van der Waals surface area contributed by atoms with E-state index in [1.807, 2.05) is 13.8 Å². The zero-order valence-corrected chi connectivity index (χ0v) is 12.2. The molecule has 2 rings (SSSR count). The zero-order valence-electron chi connectivity index (χ0n) is 12.2. The Morgan fingerprint density at radius 1 is 1.40 bits per heavy atom. The maximum absolute atomic E-state index is 12.3. The fourth-order valence-electron chi connectivity index (χ4n) is 3.15. The Balaban J connectivity index is 1.87. The average molecular weight is 284 g/mol. The molecule has 2 N–H and O–H groups in total. The topological polar surface area (TPSA) is 78.9 Å². The highest BCUT2D eigenvalue weighted by Crippen LogP contribution is 2.31. The van der Waals surface area contributed by atoms with Gasteiger partial charge in [-0.3, -0.25) is 4.79 Å². The third kappa shape index (κ3) is 3.23. The van der Waals surface area contributed by atoms with Crippen molar-refractivity contribution in [2.75, 3.05) is 26.3 Å². The molecule has 2 atom stereocenters. The Labute approximate surface area is 119 Å². The van der Waals surface area contributed by atoms with Crippen molar-refractivity contribution in [3.05, 3.63) is 0 Å². The van der Waals surface area contributed by atoms with Gasteiger partial charge in [0, 0.05) is 13.1 Å². The van der Waals surface area contributed by atoms with Crippen LogP contribution in [0.4, 0.5) is 4.79 Å². The van der Waals surface area contributed by atoms with E-state index >= 15 is 0 Å². The number of morpholine rings is 1.